The molecular formula is C20H23N7O3. The standard InChI is InChI=1S/C20H23N7O3/c1-15-25-17(12-18(26-15)27-11-5-8-24-27)21-9-10-22-19(28)13-23-20(29)30-14-16-6-3-2-4-7-16/h2-8,11-12H,9-10,13-14H2,1H3,(H,22,28)(H,23,29)(H,21,25,26). The third-order valence-electron chi connectivity index (χ3n) is 3.92. The fraction of sp³-hybridized carbons (Fsp3) is 0.250. The average molecular weight is 409 g/mol. The molecule has 0 unspecified atom stereocenters. The fourth-order valence-corrected chi connectivity index (χ4v) is 2.55. The van der Waals surface area contributed by atoms with Gasteiger partial charge in [0.15, 0.2) is 5.82 Å². The first-order valence-electron chi connectivity index (χ1n) is 9.41. The Bertz CT molecular complexity index is 962. The summed E-state index contributed by atoms with van der Waals surface area (Å²) in [6.07, 6.45) is 2.82. The van der Waals surface area contributed by atoms with Gasteiger partial charge in [0.25, 0.3) is 0 Å². The van der Waals surface area contributed by atoms with E-state index < -0.39 is 6.09 Å². The van der Waals surface area contributed by atoms with Crippen LogP contribution in [0.1, 0.15) is 11.4 Å². The van der Waals surface area contributed by atoms with Crippen LogP contribution in [-0.4, -0.2) is 51.4 Å². The zero-order valence-corrected chi connectivity index (χ0v) is 16.5. The number of aryl methyl sites for hydroxylation is 1. The molecule has 30 heavy (non-hydrogen) atoms. The lowest BCUT2D eigenvalue weighted by Gasteiger charge is -2.10. The molecule has 2 amide bonds. The highest BCUT2D eigenvalue weighted by Gasteiger charge is 2.07. The van der Waals surface area contributed by atoms with Crippen LogP contribution in [0.4, 0.5) is 10.6 Å². The molecule has 3 N–H and O–H groups in total. The van der Waals surface area contributed by atoms with Gasteiger partial charge < -0.3 is 20.7 Å². The smallest absolute Gasteiger partial charge is 0.407 e. The molecule has 2 heterocycles. The number of carbonyl (C=O) groups excluding carboxylic acids is 2. The number of benzene rings is 1. The molecule has 0 aliphatic heterocycles. The minimum atomic E-state index is -0.644. The highest BCUT2D eigenvalue weighted by molar-refractivity contribution is 5.82. The van der Waals surface area contributed by atoms with Crippen molar-refractivity contribution in [1.29, 1.82) is 0 Å². The van der Waals surface area contributed by atoms with Crippen molar-refractivity contribution in [3.8, 4) is 5.82 Å². The van der Waals surface area contributed by atoms with Crippen LogP contribution in [0.25, 0.3) is 5.82 Å². The lowest BCUT2D eigenvalue weighted by molar-refractivity contribution is -0.120. The van der Waals surface area contributed by atoms with Gasteiger partial charge in [-0.1, -0.05) is 30.3 Å². The van der Waals surface area contributed by atoms with Crippen LogP contribution < -0.4 is 16.0 Å². The van der Waals surface area contributed by atoms with Gasteiger partial charge in [0.2, 0.25) is 5.91 Å². The van der Waals surface area contributed by atoms with Crippen molar-refractivity contribution >= 4 is 17.8 Å². The minimum absolute atomic E-state index is 0.150. The Morgan fingerprint density at radius 1 is 1.07 bits per heavy atom. The first-order chi connectivity index (χ1) is 14.6. The molecule has 3 aromatic rings. The monoisotopic (exact) mass is 409 g/mol. The number of aromatic nitrogens is 4. The number of alkyl carbamates (subject to hydrolysis) is 1. The maximum atomic E-state index is 11.9. The summed E-state index contributed by atoms with van der Waals surface area (Å²) in [7, 11) is 0. The number of anilines is 1. The van der Waals surface area contributed by atoms with E-state index in [1.807, 2.05) is 36.4 Å². The summed E-state index contributed by atoms with van der Waals surface area (Å²) in [5.74, 6) is 1.57. The second kappa shape index (κ2) is 10.6. The van der Waals surface area contributed by atoms with Crippen LogP contribution in [0.15, 0.2) is 54.9 Å². The van der Waals surface area contributed by atoms with Crippen molar-refractivity contribution in [3.05, 3.63) is 66.2 Å². The summed E-state index contributed by atoms with van der Waals surface area (Å²) >= 11 is 0. The number of hydrogen-bond donors (Lipinski definition) is 3. The van der Waals surface area contributed by atoms with Gasteiger partial charge in [0.1, 0.15) is 18.2 Å². The van der Waals surface area contributed by atoms with Crippen molar-refractivity contribution in [2.75, 3.05) is 25.0 Å². The highest BCUT2D eigenvalue weighted by Crippen LogP contribution is 2.09. The Balaban J connectivity index is 1.33. The molecule has 3 rings (SSSR count). The van der Waals surface area contributed by atoms with Crippen LogP contribution in [0, 0.1) is 6.92 Å². The van der Waals surface area contributed by atoms with E-state index in [9.17, 15) is 9.59 Å². The Kier molecular flexibility index (Phi) is 7.31. The van der Waals surface area contributed by atoms with Gasteiger partial charge in [0, 0.05) is 31.5 Å². The van der Waals surface area contributed by atoms with Crippen LogP contribution in [0.2, 0.25) is 0 Å². The Morgan fingerprint density at radius 2 is 1.90 bits per heavy atom. The van der Waals surface area contributed by atoms with Gasteiger partial charge in [-0.05, 0) is 18.6 Å². The van der Waals surface area contributed by atoms with E-state index in [0.29, 0.717) is 30.5 Å². The largest absolute Gasteiger partial charge is 0.445 e. The Hall–Kier alpha value is -3.95. The number of nitrogens with one attached hydrogen (secondary N) is 3. The van der Waals surface area contributed by atoms with Gasteiger partial charge in [-0.25, -0.2) is 19.4 Å². The van der Waals surface area contributed by atoms with Crippen LogP contribution in [0.5, 0.6) is 0 Å². The quantitative estimate of drug-likeness (QED) is 0.457. The third-order valence-corrected chi connectivity index (χ3v) is 3.92. The second-order valence-electron chi connectivity index (χ2n) is 6.30. The van der Waals surface area contributed by atoms with Crippen LogP contribution in [0.3, 0.4) is 0 Å². The summed E-state index contributed by atoms with van der Waals surface area (Å²) in [6.45, 7) is 2.60. The highest BCUT2D eigenvalue weighted by atomic mass is 16.5. The van der Waals surface area contributed by atoms with E-state index in [2.05, 4.69) is 31.0 Å². The molecule has 0 saturated heterocycles. The molecule has 0 aliphatic rings. The topological polar surface area (TPSA) is 123 Å². The maximum absolute atomic E-state index is 11.9. The predicted octanol–water partition coefficient (Wildman–Crippen LogP) is 1.43. The van der Waals surface area contributed by atoms with E-state index in [1.165, 1.54) is 0 Å². The van der Waals surface area contributed by atoms with Gasteiger partial charge in [-0.2, -0.15) is 5.10 Å². The zero-order chi connectivity index (χ0) is 21.2. The molecule has 0 atom stereocenters. The summed E-state index contributed by atoms with van der Waals surface area (Å²) in [6, 6.07) is 12.9. The van der Waals surface area contributed by atoms with Gasteiger partial charge in [-0.3, -0.25) is 4.79 Å². The molecular weight excluding hydrogens is 386 g/mol. The van der Waals surface area contributed by atoms with Crippen molar-refractivity contribution in [1.82, 2.24) is 30.4 Å². The van der Waals surface area contributed by atoms with Crippen LogP contribution in [-0.2, 0) is 16.1 Å². The molecule has 1 aromatic carbocycles. The third kappa shape index (κ3) is 6.59. The number of amides is 2. The molecule has 0 radical (unpaired) electrons. The summed E-state index contributed by atoms with van der Waals surface area (Å²) in [5.41, 5.74) is 0.874. The fourth-order valence-electron chi connectivity index (χ4n) is 2.55. The van der Waals surface area contributed by atoms with Crippen molar-refractivity contribution < 1.29 is 14.3 Å². The van der Waals surface area contributed by atoms with Crippen molar-refractivity contribution in [2.45, 2.75) is 13.5 Å². The number of rotatable bonds is 9. The molecule has 0 bridgehead atoms. The molecule has 156 valence electrons. The molecule has 0 spiro atoms. The summed E-state index contributed by atoms with van der Waals surface area (Å²) in [4.78, 5) is 32.2. The molecule has 0 aliphatic carbocycles. The Labute approximate surface area is 173 Å². The molecule has 2 aromatic heterocycles. The molecule has 10 nitrogen and oxygen atoms in total. The normalized spacial score (nSPS) is 10.3. The van der Waals surface area contributed by atoms with Gasteiger partial charge in [-0.15, -0.1) is 0 Å². The summed E-state index contributed by atoms with van der Waals surface area (Å²) in [5, 5.41) is 12.4. The molecule has 10 heteroatoms. The van der Waals surface area contributed by atoms with Crippen molar-refractivity contribution in [3.63, 3.8) is 0 Å². The first-order valence-corrected chi connectivity index (χ1v) is 9.41. The van der Waals surface area contributed by atoms with E-state index in [4.69, 9.17) is 4.74 Å². The maximum Gasteiger partial charge on any atom is 0.407 e. The first kappa shape index (κ1) is 20.8. The van der Waals surface area contributed by atoms with E-state index >= 15 is 0 Å². The number of hydrogen-bond acceptors (Lipinski definition) is 7. The molecule has 0 saturated carbocycles. The van der Waals surface area contributed by atoms with Crippen LogP contribution >= 0.6 is 0 Å². The summed E-state index contributed by atoms with van der Waals surface area (Å²) < 4.78 is 6.69. The average Bonchev–Trinajstić information content (AvgIpc) is 3.29. The number of carbonyl (C=O) groups is 2. The molecule has 0 fully saturated rings. The van der Waals surface area contributed by atoms with Gasteiger partial charge in [0.05, 0.1) is 6.54 Å². The van der Waals surface area contributed by atoms with E-state index in [1.54, 1.807) is 30.1 Å². The SMILES string of the molecule is Cc1nc(NCCNC(=O)CNC(=O)OCc2ccccc2)cc(-n2cccn2)n1. The lowest BCUT2D eigenvalue weighted by Crippen LogP contribution is -2.38. The lowest BCUT2D eigenvalue weighted by atomic mass is 10.2. The number of nitrogens with zero attached hydrogens (tertiary/aromatic N) is 4. The predicted molar refractivity (Wildman–Crippen MR) is 110 cm³/mol. The number of ether oxygens (including phenoxy) is 1. The van der Waals surface area contributed by atoms with Gasteiger partial charge >= 0.3 is 6.09 Å². The van der Waals surface area contributed by atoms with E-state index in [0.717, 1.165) is 5.56 Å². The minimum Gasteiger partial charge on any atom is -0.445 e. The second-order valence-corrected chi connectivity index (χ2v) is 6.30. The Morgan fingerprint density at radius 3 is 2.67 bits per heavy atom. The zero-order valence-electron chi connectivity index (χ0n) is 16.5. The van der Waals surface area contributed by atoms with E-state index in [-0.39, 0.29) is 19.1 Å². The van der Waals surface area contributed by atoms with Crippen molar-refractivity contribution in [2.24, 2.45) is 0 Å².